The zero-order chi connectivity index (χ0) is 17.3. The highest BCUT2D eigenvalue weighted by molar-refractivity contribution is 9.11. The lowest BCUT2D eigenvalue weighted by Crippen LogP contribution is -2.40. The van der Waals surface area contributed by atoms with E-state index in [-0.39, 0.29) is 0 Å². The van der Waals surface area contributed by atoms with Gasteiger partial charge in [-0.05, 0) is 52.7 Å². The first-order chi connectivity index (χ1) is 11.4. The highest BCUT2D eigenvalue weighted by Gasteiger charge is 2.49. The SMILES string of the molecule is COc1ccc([C@]2(C)NC(=O)N(/N=C\c3ccc(Br)s3)C2=O)cc1. The summed E-state index contributed by atoms with van der Waals surface area (Å²) in [6.07, 6.45) is 1.49. The first-order valence-electron chi connectivity index (χ1n) is 7.04. The van der Waals surface area contributed by atoms with Crippen molar-refractivity contribution in [2.75, 3.05) is 7.11 Å². The van der Waals surface area contributed by atoms with Crippen LogP contribution in [0.2, 0.25) is 0 Å². The zero-order valence-electron chi connectivity index (χ0n) is 12.9. The van der Waals surface area contributed by atoms with Gasteiger partial charge in [0.15, 0.2) is 0 Å². The van der Waals surface area contributed by atoms with Crippen LogP contribution in [0.25, 0.3) is 0 Å². The number of halogens is 1. The van der Waals surface area contributed by atoms with E-state index >= 15 is 0 Å². The lowest BCUT2D eigenvalue weighted by molar-refractivity contribution is -0.131. The molecule has 1 saturated heterocycles. The third-order valence-corrected chi connectivity index (χ3v) is 5.29. The Hall–Kier alpha value is -2.19. The summed E-state index contributed by atoms with van der Waals surface area (Å²) in [5.41, 5.74) is -0.491. The molecule has 1 aromatic carbocycles. The average Bonchev–Trinajstić information content (AvgIpc) is 3.08. The van der Waals surface area contributed by atoms with Gasteiger partial charge in [-0.25, -0.2) is 4.79 Å². The number of rotatable bonds is 4. The van der Waals surface area contributed by atoms with Crippen molar-refractivity contribution < 1.29 is 14.3 Å². The number of urea groups is 1. The van der Waals surface area contributed by atoms with E-state index in [2.05, 4.69) is 26.3 Å². The number of nitrogens with zero attached hydrogens (tertiary/aromatic N) is 2. The number of methoxy groups -OCH3 is 1. The van der Waals surface area contributed by atoms with Crippen LogP contribution in [0.5, 0.6) is 5.75 Å². The standard InChI is InChI=1S/C16H14BrN3O3S/c1-16(10-3-5-11(23-2)6-4-10)14(21)20(15(22)19-16)18-9-12-7-8-13(17)24-12/h3-9H,1-2H3,(H,19,22)/b18-9-/t16-/m0/s1. The van der Waals surface area contributed by atoms with Gasteiger partial charge in [-0.2, -0.15) is 5.10 Å². The molecule has 6 nitrogen and oxygen atoms in total. The van der Waals surface area contributed by atoms with Gasteiger partial charge in [-0.1, -0.05) is 12.1 Å². The molecule has 0 radical (unpaired) electrons. The van der Waals surface area contributed by atoms with Crippen molar-refractivity contribution in [3.05, 3.63) is 50.6 Å². The number of carbonyl (C=O) groups excluding carboxylic acids is 2. The normalized spacial score (nSPS) is 20.7. The molecule has 24 heavy (non-hydrogen) atoms. The fourth-order valence-electron chi connectivity index (χ4n) is 2.36. The molecule has 2 heterocycles. The van der Waals surface area contributed by atoms with Gasteiger partial charge in [0.2, 0.25) is 0 Å². The van der Waals surface area contributed by atoms with E-state index in [0.717, 1.165) is 13.7 Å². The summed E-state index contributed by atoms with van der Waals surface area (Å²) in [5, 5.41) is 7.60. The molecule has 2 aromatic rings. The molecule has 3 rings (SSSR count). The number of carbonyl (C=O) groups is 2. The number of hydrazone groups is 1. The van der Waals surface area contributed by atoms with E-state index in [4.69, 9.17) is 4.74 Å². The number of ether oxygens (including phenoxy) is 1. The van der Waals surface area contributed by atoms with E-state index in [1.165, 1.54) is 17.6 Å². The smallest absolute Gasteiger partial charge is 0.346 e. The van der Waals surface area contributed by atoms with Crippen LogP contribution >= 0.6 is 27.3 Å². The Morgan fingerprint density at radius 3 is 2.54 bits per heavy atom. The summed E-state index contributed by atoms with van der Waals surface area (Å²) in [5.74, 6) is 0.252. The van der Waals surface area contributed by atoms with E-state index < -0.39 is 17.5 Å². The van der Waals surface area contributed by atoms with Gasteiger partial charge in [0.1, 0.15) is 11.3 Å². The predicted octanol–water partition coefficient (Wildman–Crippen LogP) is 3.32. The maximum atomic E-state index is 12.7. The van der Waals surface area contributed by atoms with E-state index in [0.29, 0.717) is 11.3 Å². The molecule has 1 N–H and O–H groups in total. The van der Waals surface area contributed by atoms with Gasteiger partial charge in [0.05, 0.1) is 17.1 Å². The van der Waals surface area contributed by atoms with Crippen LogP contribution in [0.3, 0.4) is 0 Å². The number of hydrogen-bond donors (Lipinski definition) is 1. The zero-order valence-corrected chi connectivity index (χ0v) is 15.3. The van der Waals surface area contributed by atoms with Crippen LogP contribution in [-0.4, -0.2) is 30.3 Å². The molecule has 3 amide bonds. The molecule has 1 atom stereocenters. The summed E-state index contributed by atoms with van der Waals surface area (Å²) in [6, 6.07) is 10.2. The van der Waals surface area contributed by atoms with Crippen molar-refractivity contribution in [1.29, 1.82) is 0 Å². The van der Waals surface area contributed by atoms with Crippen LogP contribution in [0.4, 0.5) is 4.79 Å². The quantitative estimate of drug-likeness (QED) is 0.623. The number of hydrogen-bond acceptors (Lipinski definition) is 5. The summed E-state index contributed by atoms with van der Waals surface area (Å²) in [6.45, 7) is 1.66. The van der Waals surface area contributed by atoms with E-state index in [9.17, 15) is 9.59 Å². The number of benzene rings is 1. The lowest BCUT2D eigenvalue weighted by atomic mass is 9.92. The Balaban J connectivity index is 1.85. The number of amides is 3. The molecule has 1 fully saturated rings. The summed E-state index contributed by atoms with van der Waals surface area (Å²) < 4.78 is 6.06. The molecule has 1 aliphatic rings. The monoisotopic (exact) mass is 407 g/mol. The predicted molar refractivity (Wildman–Crippen MR) is 95.3 cm³/mol. The van der Waals surface area contributed by atoms with Crippen LogP contribution in [0.1, 0.15) is 17.4 Å². The Bertz CT molecular complexity index is 818. The number of thiophene rings is 1. The van der Waals surface area contributed by atoms with Crippen molar-refractivity contribution in [2.24, 2.45) is 5.10 Å². The van der Waals surface area contributed by atoms with Crippen LogP contribution < -0.4 is 10.1 Å². The highest BCUT2D eigenvalue weighted by Crippen LogP contribution is 2.30. The second kappa shape index (κ2) is 6.37. The summed E-state index contributed by atoms with van der Waals surface area (Å²) in [7, 11) is 1.57. The minimum atomic E-state index is -1.16. The van der Waals surface area contributed by atoms with Gasteiger partial charge in [-0.3, -0.25) is 4.79 Å². The molecule has 124 valence electrons. The molecule has 0 aliphatic carbocycles. The van der Waals surface area contributed by atoms with Gasteiger partial charge >= 0.3 is 6.03 Å². The molecule has 0 saturated carbocycles. The summed E-state index contributed by atoms with van der Waals surface area (Å²) >= 11 is 4.81. The Labute approximate surface area is 151 Å². The molecule has 8 heteroatoms. The molecule has 0 spiro atoms. The Kier molecular flexibility index (Phi) is 4.42. The van der Waals surface area contributed by atoms with Gasteiger partial charge in [-0.15, -0.1) is 16.3 Å². The average molecular weight is 408 g/mol. The van der Waals surface area contributed by atoms with Crippen molar-refractivity contribution in [3.63, 3.8) is 0 Å². The van der Waals surface area contributed by atoms with E-state index in [1.807, 2.05) is 12.1 Å². The van der Waals surface area contributed by atoms with Gasteiger partial charge in [0.25, 0.3) is 5.91 Å². The first kappa shape index (κ1) is 16.7. The Morgan fingerprint density at radius 2 is 1.96 bits per heavy atom. The van der Waals surface area contributed by atoms with Crippen LogP contribution in [-0.2, 0) is 10.3 Å². The maximum Gasteiger partial charge on any atom is 0.346 e. The third-order valence-electron chi connectivity index (χ3n) is 3.73. The molecular formula is C16H14BrN3O3S. The first-order valence-corrected chi connectivity index (χ1v) is 8.65. The molecular weight excluding hydrogens is 394 g/mol. The minimum Gasteiger partial charge on any atom is -0.497 e. The van der Waals surface area contributed by atoms with Crippen molar-refractivity contribution in [3.8, 4) is 5.75 Å². The lowest BCUT2D eigenvalue weighted by Gasteiger charge is -2.21. The van der Waals surface area contributed by atoms with Gasteiger partial charge in [0, 0.05) is 4.88 Å². The molecule has 0 bridgehead atoms. The molecule has 1 aromatic heterocycles. The van der Waals surface area contributed by atoms with Crippen LogP contribution in [0, 0.1) is 0 Å². The second-order valence-electron chi connectivity index (χ2n) is 5.29. The highest BCUT2D eigenvalue weighted by atomic mass is 79.9. The van der Waals surface area contributed by atoms with Crippen molar-refractivity contribution >= 4 is 45.4 Å². The summed E-state index contributed by atoms with van der Waals surface area (Å²) in [4.78, 5) is 25.7. The van der Waals surface area contributed by atoms with Crippen LogP contribution in [0.15, 0.2) is 45.3 Å². The second-order valence-corrected chi connectivity index (χ2v) is 7.78. The fraction of sp³-hybridized carbons (Fsp3) is 0.188. The van der Waals surface area contributed by atoms with Crippen molar-refractivity contribution in [2.45, 2.75) is 12.5 Å². The van der Waals surface area contributed by atoms with Crippen molar-refractivity contribution in [1.82, 2.24) is 10.3 Å². The fourth-order valence-corrected chi connectivity index (χ4v) is 3.65. The van der Waals surface area contributed by atoms with E-state index in [1.54, 1.807) is 38.3 Å². The Morgan fingerprint density at radius 1 is 1.25 bits per heavy atom. The molecule has 1 aliphatic heterocycles. The molecule has 0 unspecified atom stereocenters. The minimum absolute atomic E-state index is 0.426. The maximum absolute atomic E-state index is 12.7. The van der Waals surface area contributed by atoms with Gasteiger partial charge < -0.3 is 10.1 Å². The largest absolute Gasteiger partial charge is 0.497 e. The number of imide groups is 1. The third kappa shape index (κ3) is 2.94. The number of nitrogens with one attached hydrogen (secondary N) is 1. The topological polar surface area (TPSA) is 71.0 Å².